The lowest BCUT2D eigenvalue weighted by atomic mass is 10.1. The maximum absolute atomic E-state index is 11.3. The lowest BCUT2D eigenvalue weighted by molar-refractivity contribution is 0.0698. The van der Waals surface area contributed by atoms with Crippen LogP contribution < -0.4 is 5.32 Å². The van der Waals surface area contributed by atoms with Crippen LogP contribution in [-0.2, 0) is 13.6 Å². The molecule has 1 fully saturated rings. The molecule has 5 heteroatoms. The molecule has 1 saturated heterocycles. The minimum Gasteiger partial charge on any atom is -0.478 e. The normalized spacial score (nSPS) is 16.6. The molecule has 0 amide bonds. The van der Waals surface area contributed by atoms with Gasteiger partial charge in [0.05, 0.1) is 11.1 Å². The van der Waals surface area contributed by atoms with Gasteiger partial charge in [-0.25, -0.2) is 4.79 Å². The monoisotopic (exact) mass is 273 g/mol. The summed E-state index contributed by atoms with van der Waals surface area (Å²) in [5.74, 6) is -0.870. The number of aromatic nitrogens is 1. The Kier molecular flexibility index (Phi) is 3.46. The van der Waals surface area contributed by atoms with Crippen LogP contribution in [0.15, 0.2) is 24.3 Å². The standard InChI is InChI=1S/C15H19N3O2/c1-17-12(10-18-7-5-16-6-8-18)9-11-3-2-4-13(14(11)17)15(19)20/h2-4,9,16H,5-8,10H2,1H3,(H,19,20). The van der Waals surface area contributed by atoms with E-state index in [1.165, 1.54) is 0 Å². The lowest BCUT2D eigenvalue weighted by Gasteiger charge is -2.27. The predicted molar refractivity (Wildman–Crippen MR) is 78.0 cm³/mol. The molecule has 2 N–H and O–H groups in total. The van der Waals surface area contributed by atoms with Crippen LogP contribution in [0.5, 0.6) is 0 Å². The number of nitrogens with one attached hydrogen (secondary N) is 1. The van der Waals surface area contributed by atoms with E-state index in [2.05, 4.69) is 16.3 Å². The number of aryl methyl sites for hydroxylation is 1. The third-order valence-electron chi connectivity index (χ3n) is 3.98. The van der Waals surface area contributed by atoms with E-state index in [9.17, 15) is 9.90 Å². The fourth-order valence-electron chi connectivity index (χ4n) is 2.89. The number of hydrogen-bond donors (Lipinski definition) is 2. The van der Waals surface area contributed by atoms with Crippen LogP contribution >= 0.6 is 0 Å². The van der Waals surface area contributed by atoms with Crippen molar-refractivity contribution in [3.05, 3.63) is 35.5 Å². The van der Waals surface area contributed by atoms with Gasteiger partial charge in [0.15, 0.2) is 0 Å². The Bertz CT molecular complexity index is 642. The summed E-state index contributed by atoms with van der Waals surface area (Å²) in [7, 11) is 1.95. The Balaban J connectivity index is 1.98. The molecule has 3 rings (SSSR count). The Labute approximate surface area is 117 Å². The van der Waals surface area contributed by atoms with Crippen LogP contribution in [0.2, 0.25) is 0 Å². The molecule has 0 unspecified atom stereocenters. The smallest absolute Gasteiger partial charge is 0.337 e. The van der Waals surface area contributed by atoms with Crippen molar-refractivity contribution in [1.82, 2.24) is 14.8 Å². The van der Waals surface area contributed by atoms with Gasteiger partial charge >= 0.3 is 5.97 Å². The van der Waals surface area contributed by atoms with Crippen molar-refractivity contribution < 1.29 is 9.90 Å². The third-order valence-corrected chi connectivity index (χ3v) is 3.98. The number of rotatable bonds is 3. The number of para-hydroxylation sites is 1. The average molecular weight is 273 g/mol. The Hall–Kier alpha value is -1.85. The Morgan fingerprint density at radius 1 is 1.35 bits per heavy atom. The topological polar surface area (TPSA) is 57.5 Å². The molecule has 106 valence electrons. The molecule has 1 aliphatic heterocycles. The molecule has 0 radical (unpaired) electrons. The zero-order valence-electron chi connectivity index (χ0n) is 11.6. The van der Waals surface area contributed by atoms with Crippen molar-refractivity contribution in [3.8, 4) is 0 Å². The number of carboxylic acids is 1. The largest absolute Gasteiger partial charge is 0.478 e. The summed E-state index contributed by atoms with van der Waals surface area (Å²) in [5.41, 5.74) is 2.34. The molecule has 2 heterocycles. The highest BCUT2D eigenvalue weighted by Gasteiger charge is 2.16. The van der Waals surface area contributed by atoms with Gasteiger partial charge in [0.1, 0.15) is 0 Å². The van der Waals surface area contributed by atoms with Gasteiger partial charge in [-0.1, -0.05) is 12.1 Å². The molecule has 1 aromatic carbocycles. The van der Waals surface area contributed by atoms with Crippen molar-refractivity contribution >= 4 is 16.9 Å². The van der Waals surface area contributed by atoms with E-state index in [-0.39, 0.29) is 0 Å². The molecule has 2 aromatic rings. The van der Waals surface area contributed by atoms with Gasteiger partial charge in [-0.15, -0.1) is 0 Å². The first kappa shape index (κ1) is 13.1. The van der Waals surface area contributed by atoms with Gasteiger partial charge in [0, 0.05) is 50.9 Å². The van der Waals surface area contributed by atoms with Gasteiger partial charge < -0.3 is 15.0 Å². The molecule has 20 heavy (non-hydrogen) atoms. The van der Waals surface area contributed by atoms with Crippen molar-refractivity contribution in [2.24, 2.45) is 7.05 Å². The molecule has 1 aliphatic rings. The number of nitrogens with zero attached hydrogens (tertiary/aromatic N) is 2. The van der Waals surface area contributed by atoms with E-state index < -0.39 is 5.97 Å². The zero-order chi connectivity index (χ0) is 14.1. The second-order valence-corrected chi connectivity index (χ2v) is 5.27. The van der Waals surface area contributed by atoms with Crippen molar-refractivity contribution in [1.29, 1.82) is 0 Å². The highest BCUT2D eigenvalue weighted by atomic mass is 16.4. The minimum atomic E-state index is -0.870. The molecule has 0 spiro atoms. The van der Waals surface area contributed by atoms with E-state index in [1.54, 1.807) is 12.1 Å². The summed E-state index contributed by atoms with van der Waals surface area (Å²) in [4.78, 5) is 13.7. The summed E-state index contributed by atoms with van der Waals surface area (Å²) in [6, 6.07) is 7.55. The molecular formula is C15H19N3O2. The van der Waals surface area contributed by atoms with Gasteiger partial charge in [-0.2, -0.15) is 0 Å². The van der Waals surface area contributed by atoms with Crippen LogP contribution in [0, 0.1) is 0 Å². The maximum Gasteiger partial charge on any atom is 0.337 e. The number of fused-ring (bicyclic) bond motifs is 1. The number of carboxylic acid groups (broad SMARTS) is 1. The predicted octanol–water partition coefficient (Wildman–Crippen LogP) is 1.28. The summed E-state index contributed by atoms with van der Waals surface area (Å²) >= 11 is 0. The highest BCUT2D eigenvalue weighted by Crippen LogP contribution is 2.23. The van der Waals surface area contributed by atoms with Crippen molar-refractivity contribution in [2.45, 2.75) is 6.54 Å². The minimum absolute atomic E-state index is 0.372. The van der Waals surface area contributed by atoms with Gasteiger partial charge in [0.2, 0.25) is 0 Å². The van der Waals surface area contributed by atoms with Crippen molar-refractivity contribution in [3.63, 3.8) is 0 Å². The third kappa shape index (κ3) is 2.30. The molecular weight excluding hydrogens is 254 g/mol. The zero-order valence-corrected chi connectivity index (χ0v) is 11.6. The van der Waals surface area contributed by atoms with E-state index in [0.717, 1.165) is 49.3 Å². The fraction of sp³-hybridized carbons (Fsp3) is 0.400. The number of aromatic carboxylic acids is 1. The van der Waals surface area contributed by atoms with E-state index in [1.807, 2.05) is 17.7 Å². The Morgan fingerprint density at radius 3 is 2.80 bits per heavy atom. The number of piperazine rings is 1. The first-order chi connectivity index (χ1) is 9.66. The average Bonchev–Trinajstić information content (AvgIpc) is 2.77. The van der Waals surface area contributed by atoms with Crippen LogP contribution in [0.1, 0.15) is 16.1 Å². The first-order valence-corrected chi connectivity index (χ1v) is 6.90. The van der Waals surface area contributed by atoms with Crippen LogP contribution in [-0.4, -0.2) is 46.7 Å². The van der Waals surface area contributed by atoms with Gasteiger partial charge in [-0.05, 0) is 12.1 Å². The number of benzene rings is 1. The molecule has 1 aromatic heterocycles. The summed E-state index contributed by atoms with van der Waals surface area (Å²) in [5, 5.41) is 13.6. The summed E-state index contributed by atoms with van der Waals surface area (Å²) < 4.78 is 2.01. The maximum atomic E-state index is 11.3. The second-order valence-electron chi connectivity index (χ2n) is 5.27. The summed E-state index contributed by atoms with van der Waals surface area (Å²) in [6.07, 6.45) is 0. The SMILES string of the molecule is Cn1c(CN2CCNCC2)cc2cccc(C(=O)O)c21. The fourth-order valence-corrected chi connectivity index (χ4v) is 2.89. The van der Waals surface area contributed by atoms with E-state index >= 15 is 0 Å². The Morgan fingerprint density at radius 2 is 2.10 bits per heavy atom. The second kappa shape index (κ2) is 5.26. The number of carbonyl (C=O) groups is 1. The molecule has 0 bridgehead atoms. The van der Waals surface area contributed by atoms with E-state index in [0.29, 0.717) is 5.56 Å². The summed E-state index contributed by atoms with van der Waals surface area (Å²) in [6.45, 7) is 4.97. The highest BCUT2D eigenvalue weighted by molar-refractivity contribution is 6.02. The molecule has 5 nitrogen and oxygen atoms in total. The molecule has 0 saturated carbocycles. The van der Waals surface area contributed by atoms with Crippen molar-refractivity contribution in [2.75, 3.05) is 26.2 Å². The van der Waals surface area contributed by atoms with Crippen LogP contribution in [0.3, 0.4) is 0 Å². The van der Waals surface area contributed by atoms with Gasteiger partial charge in [-0.3, -0.25) is 4.90 Å². The number of hydrogen-bond acceptors (Lipinski definition) is 3. The molecule has 0 aliphatic carbocycles. The first-order valence-electron chi connectivity index (χ1n) is 6.90. The molecule has 0 atom stereocenters. The van der Waals surface area contributed by atoms with Crippen LogP contribution in [0.4, 0.5) is 0 Å². The van der Waals surface area contributed by atoms with E-state index in [4.69, 9.17) is 0 Å². The van der Waals surface area contributed by atoms with Gasteiger partial charge in [0.25, 0.3) is 0 Å². The quantitative estimate of drug-likeness (QED) is 0.884. The van der Waals surface area contributed by atoms with Crippen LogP contribution in [0.25, 0.3) is 10.9 Å². The lowest BCUT2D eigenvalue weighted by Crippen LogP contribution is -2.43.